The van der Waals surface area contributed by atoms with Crippen LogP contribution in [0.4, 0.5) is 0 Å². The van der Waals surface area contributed by atoms with Crippen molar-refractivity contribution in [3.8, 4) is 0 Å². The zero-order valence-electron chi connectivity index (χ0n) is 10.6. The summed E-state index contributed by atoms with van der Waals surface area (Å²) in [6.07, 6.45) is 0. The van der Waals surface area contributed by atoms with Gasteiger partial charge in [-0.15, -0.1) is 0 Å². The number of hydrogen-bond acceptors (Lipinski definition) is 3. The molecule has 4 nitrogen and oxygen atoms in total. The Labute approximate surface area is 125 Å². The van der Waals surface area contributed by atoms with E-state index in [1.165, 1.54) is 0 Å². The number of imidazole rings is 1. The van der Waals surface area contributed by atoms with Gasteiger partial charge >= 0.3 is 0 Å². The van der Waals surface area contributed by atoms with Gasteiger partial charge in [0.1, 0.15) is 0 Å². The van der Waals surface area contributed by atoms with Gasteiger partial charge in [0.2, 0.25) is 15.0 Å². The molecule has 0 amide bonds. The highest BCUT2D eigenvalue weighted by molar-refractivity contribution is 9.10. The zero-order valence-corrected chi connectivity index (χ0v) is 13.0. The molecule has 0 bridgehead atoms. The van der Waals surface area contributed by atoms with Gasteiger partial charge in [0.05, 0.1) is 15.9 Å². The number of sulfone groups is 1. The van der Waals surface area contributed by atoms with Crippen molar-refractivity contribution in [1.29, 1.82) is 0 Å². The first-order chi connectivity index (χ1) is 9.51. The molecule has 6 heteroatoms. The van der Waals surface area contributed by atoms with E-state index in [0.29, 0.717) is 9.99 Å². The summed E-state index contributed by atoms with van der Waals surface area (Å²) in [7, 11) is -1.95. The predicted molar refractivity (Wildman–Crippen MR) is 80.3 cm³/mol. The van der Waals surface area contributed by atoms with Crippen molar-refractivity contribution in [2.24, 2.45) is 7.05 Å². The predicted octanol–water partition coefficient (Wildman–Crippen LogP) is 3.17. The van der Waals surface area contributed by atoms with Crippen molar-refractivity contribution in [3.63, 3.8) is 0 Å². The highest BCUT2D eigenvalue weighted by Gasteiger charge is 2.26. The second-order valence-electron chi connectivity index (χ2n) is 4.38. The summed E-state index contributed by atoms with van der Waals surface area (Å²) in [5.41, 5.74) is 1.46. The van der Waals surface area contributed by atoms with Crippen LogP contribution in [-0.4, -0.2) is 18.0 Å². The van der Waals surface area contributed by atoms with Gasteiger partial charge in [-0.3, -0.25) is 0 Å². The van der Waals surface area contributed by atoms with Gasteiger partial charge in [-0.1, -0.05) is 24.3 Å². The molecule has 0 saturated carbocycles. The Kier molecular flexibility index (Phi) is 3.14. The molecule has 2 aromatic carbocycles. The minimum atomic E-state index is -3.66. The fraction of sp³-hybridized carbons (Fsp3) is 0.0714. The second-order valence-corrected chi connectivity index (χ2v) is 7.04. The Morgan fingerprint density at radius 3 is 2.40 bits per heavy atom. The van der Waals surface area contributed by atoms with Crippen LogP contribution >= 0.6 is 15.9 Å². The van der Waals surface area contributed by atoms with E-state index in [9.17, 15) is 8.42 Å². The van der Waals surface area contributed by atoms with Gasteiger partial charge in [-0.05, 0) is 40.2 Å². The van der Waals surface area contributed by atoms with Gasteiger partial charge in [-0.2, -0.15) is 0 Å². The van der Waals surface area contributed by atoms with Crippen molar-refractivity contribution in [2.75, 3.05) is 0 Å². The summed E-state index contributed by atoms with van der Waals surface area (Å²) < 4.78 is 27.6. The monoisotopic (exact) mass is 350 g/mol. The van der Waals surface area contributed by atoms with E-state index in [-0.39, 0.29) is 10.1 Å². The molecule has 0 saturated heterocycles. The number of para-hydroxylation sites is 2. The average Bonchev–Trinajstić information content (AvgIpc) is 2.78. The van der Waals surface area contributed by atoms with Crippen LogP contribution in [0.25, 0.3) is 11.0 Å². The normalized spacial score (nSPS) is 11.9. The number of halogens is 1. The number of fused-ring (bicyclic) bond motifs is 1. The number of aromatic nitrogens is 2. The van der Waals surface area contributed by atoms with E-state index in [1.807, 2.05) is 18.2 Å². The maximum absolute atomic E-state index is 12.7. The third-order valence-corrected chi connectivity index (χ3v) is 5.85. The summed E-state index contributed by atoms with van der Waals surface area (Å²) in [5.74, 6) is 0. The van der Waals surface area contributed by atoms with Gasteiger partial charge < -0.3 is 4.57 Å². The van der Waals surface area contributed by atoms with Crippen molar-refractivity contribution < 1.29 is 8.42 Å². The molecule has 0 atom stereocenters. The Bertz CT molecular complexity index is 900. The maximum Gasteiger partial charge on any atom is 0.241 e. The first kappa shape index (κ1) is 13.3. The van der Waals surface area contributed by atoms with Crippen molar-refractivity contribution in [3.05, 3.63) is 53.0 Å². The fourth-order valence-electron chi connectivity index (χ4n) is 2.12. The molecule has 1 aromatic heterocycles. The van der Waals surface area contributed by atoms with E-state index in [0.717, 1.165) is 5.52 Å². The molecule has 0 unspecified atom stereocenters. The van der Waals surface area contributed by atoms with Crippen LogP contribution in [0.15, 0.2) is 63.1 Å². The smallest absolute Gasteiger partial charge is 0.241 e. The first-order valence-electron chi connectivity index (χ1n) is 5.93. The molecule has 0 spiro atoms. The van der Waals surface area contributed by atoms with Gasteiger partial charge in [-0.25, -0.2) is 13.4 Å². The first-order valence-corrected chi connectivity index (χ1v) is 8.20. The number of benzene rings is 2. The zero-order chi connectivity index (χ0) is 14.3. The Hall–Kier alpha value is -1.66. The average molecular weight is 351 g/mol. The third-order valence-electron chi connectivity index (χ3n) is 3.11. The van der Waals surface area contributed by atoms with Crippen LogP contribution in [0.3, 0.4) is 0 Å². The lowest BCUT2D eigenvalue weighted by molar-refractivity contribution is 0.580. The number of rotatable bonds is 2. The van der Waals surface area contributed by atoms with Gasteiger partial charge in [0.25, 0.3) is 0 Å². The number of aryl methyl sites for hydroxylation is 1. The van der Waals surface area contributed by atoms with Crippen LogP contribution in [0.5, 0.6) is 0 Å². The summed E-state index contributed by atoms with van der Waals surface area (Å²) in [5, 5.41) is 0.0469. The van der Waals surface area contributed by atoms with Gasteiger partial charge in [0, 0.05) is 11.5 Å². The number of hydrogen-bond donors (Lipinski definition) is 0. The molecule has 0 aliphatic carbocycles. The summed E-state index contributed by atoms with van der Waals surface area (Å²) in [4.78, 5) is 4.48. The van der Waals surface area contributed by atoms with E-state index in [4.69, 9.17) is 0 Å². The minimum absolute atomic E-state index is 0.0469. The van der Waals surface area contributed by atoms with Crippen molar-refractivity contribution in [1.82, 2.24) is 9.55 Å². The molecule has 0 aliphatic heterocycles. The molecular weight excluding hydrogens is 340 g/mol. The third kappa shape index (κ3) is 1.96. The summed E-state index contributed by atoms with van der Waals surface area (Å²) in [6.45, 7) is 0. The minimum Gasteiger partial charge on any atom is -0.318 e. The van der Waals surface area contributed by atoms with Crippen molar-refractivity contribution in [2.45, 2.75) is 10.1 Å². The molecule has 3 aromatic rings. The maximum atomic E-state index is 12.7. The van der Waals surface area contributed by atoms with Crippen LogP contribution in [0.1, 0.15) is 0 Å². The Balaban J connectivity index is 2.30. The topological polar surface area (TPSA) is 52.0 Å². The van der Waals surface area contributed by atoms with Crippen molar-refractivity contribution >= 4 is 36.8 Å². The molecule has 0 aliphatic rings. The Morgan fingerprint density at radius 2 is 1.70 bits per heavy atom. The van der Waals surface area contributed by atoms with Crippen LogP contribution in [-0.2, 0) is 16.9 Å². The van der Waals surface area contributed by atoms with E-state index in [1.54, 1.807) is 41.9 Å². The molecule has 0 fully saturated rings. The summed E-state index contributed by atoms with van der Waals surface area (Å²) >= 11 is 3.28. The number of nitrogens with zero attached hydrogens (tertiary/aromatic N) is 2. The molecular formula is C14H11BrN2O2S. The lowest BCUT2D eigenvalue weighted by Crippen LogP contribution is -2.09. The lowest BCUT2D eigenvalue weighted by atomic mass is 10.3. The molecule has 3 rings (SSSR count). The standard InChI is InChI=1S/C14H11BrN2O2S/c1-17-12-8-4-3-7-11(12)16-14(17)20(18,19)13-9-5-2-6-10(13)15/h2-9H,1H3. The Morgan fingerprint density at radius 1 is 1.05 bits per heavy atom. The molecule has 1 heterocycles. The van der Waals surface area contributed by atoms with E-state index in [2.05, 4.69) is 20.9 Å². The molecule has 20 heavy (non-hydrogen) atoms. The molecule has 0 radical (unpaired) electrons. The van der Waals surface area contributed by atoms with Crippen LogP contribution in [0, 0.1) is 0 Å². The quantitative estimate of drug-likeness (QED) is 0.713. The highest BCUT2D eigenvalue weighted by Crippen LogP contribution is 2.28. The second kappa shape index (κ2) is 4.71. The SMILES string of the molecule is Cn1c(S(=O)(=O)c2ccccc2Br)nc2ccccc21. The highest BCUT2D eigenvalue weighted by atomic mass is 79.9. The lowest BCUT2D eigenvalue weighted by Gasteiger charge is -2.06. The van der Waals surface area contributed by atoms with E-state index >= 15 is 0 Å². The molecule has 0 N–H and O–H groups in total. The van der Waals surface area contributed by atoms with Gasteiger partial charge in [0.15, 0.2) is 0 Å². The summed E-state index contributed by atoms with van der Waals surface area (Å²) in [6, 6.07) is 14.1. The fourth-order valence-corrected chi connectivity index (χ4v) is 4.51. The molecule has 102 valence electrons. The van der Waals surface area contributed by atoms with Crippen LogP contribution in [0.2, 0.25) is 0 Å². The largest absolute Gasteiger partial charge is 0.318 e. The van der Waals surface area contributed by atoms with E-state index < -0.39 is 9.84 Å². The van der Waals surface area contributed by atoms with Crippen LogP contribution < -0.4 is 0 Å².